The number of alkyl halides is 3. The number of rotatable bonds is 7. The Balaban J connectivity index is 0.00000529. The van der Waals surface area contributed by atoms with Crippen LogP contribution in [0, 0.1) is 0 Å². The van der Waals surface area contributed by atoms with Crippen molar-refractivity contribution in [2.75, 3.05) is 32.1 Å². The Morgan fingerprint density at radius 3 is 2.42 bits per heavy atom. The number of hydrogen-bond donors (Lipinski definition) is 3. The Labute approximate surface area is 142 Å². The number of amides is 2. The van der Waals surface area contributed by atoms with Gasteiger partial charge in [-0.2, -0.15) is 13.2 Å². The molecule has 0 saturated carbocycles. The zero-order valence-electron chi connectivity index (χ0n) is 12.6. The first-order chi connectivity index (χ1) is 10.7. The minimum absolute atomic E-state index is 0. The highest BCUT2D eigenvalue weighted by Gasteiger charge is 2.29. The van der Waals surface area contributed by atoms with E-state index in [1.54, 1.807) is 0 Å². The average Bonchev–Trinajstić information content (AvgIpc) is 2.50. The molecular formula is C13H17ClF3N3O4. The molecule has 11 heteroatoms. The van der Waals surface area contributed by atoms with Gasteiger partial charge in [-0.25, -0.2) is 0 Å². The molecule has 0 fully saturated rings. The Morgan fingerprint density at radius 2 is 1.88 bits per heavy atom. The summed E-state index contributed by atoms with van der Waals surface area (Å²) in [6, 6.07) is 3.95. The molecular weight excluding hydrogens is 355 g/mol. The second-order valence-electron chi connectivity index (χ2n) is 4.30. The fraction of sp³-hybridized carbons (Fsp3) is 0.385. The van der Waals surface area contributed by atoms with Crippen LogP contribution in [-0.2, 0) is 9.59 Å². The smallest absolute Gasteiger partial charge is 0.422 e. The van der Waals surface area contributed by atoms with E-state index in [2.05, 4.69) is 15.4 Å². The van der Waals surface area contributed by atoms with Crippen LogP contribution in [0.4, 0.5) is 18.9 Å². The summed E-state index contributed by atoms with van der Waals surface area (Å²) in [7, 11) is 1.27. The summed E-state index contributed by atoms with van der Waals surface area (Å²) in [5.74, 6) is -1.17. The lowest BCUT2D eigenvalue weighted by Crippen LogP contribution is -2.36. The lowest BCUT2D eigenvalue weighted by atomic mass is 10.2. The van der Waals surface area contributed by atoms with Crippen LogP contribution >= 0.6 is 12.4 Å². The van der Waals surface area contributed by atoms with Gasteiger partial charge in [0.05, 0.1) is 20.2 Å². The summed E-state index contributed by atoms with van der Waals surface area (Å²) in [4.78, 5) is 22.5. The standard InChI is InChI=1S/C13H16F3N3O4.ClH/c1-22-9-3-2-8(4-10(9)23-7-13(14,15)16)19-12(21)6-18-11(20)5-17;/h2-4H,5-7,17H2,1H3,(H,18,20)(H,19,21);1H. The molecule has 0 aliphatic carbocycles. The molecule has 0 spiro atoms. The normalized spacial score (nSPS) is 10.4. The quantitative estimate of drug-likeness (QED) is 0.665. The third kappa shape index (κ3) is 7.88. The molecule has 0 heterocycles. The summed E-state index contributed by atoms with van der Waals surface area (Å²) in [6.07, 6.45) is -4.50. The first kappa shape index (κ1) is 21.8. The molecule has 0 aliphatic heterocycles. The number of nitrogens with one attached hydrogen (secondary N) is 2. The van der Waals surface area contributed by atoms with Crippen LogP contribution in [0.3, 0.4) is 0 Å². The van der Waals surface area contributed by atoms with Gasteiger partial charge in [0.1, 0.15) is 0 Å². The van der Waals surface area contributed by atoms with Crippen molar-refractivity contribution in [1.82, 2.24) is 5.32 Å². The molecule has 0 aromatic heterocycles. The van der Waals surface area contributed by atoms with Crippen LogP contribution in [0.1, 0.15) is 0 Å². The van der Waals surface area contributed by atoms with Gasteiger partial charge >= 0.3 is 6.18 Å². The Bertz CT molecular complexity index is 570. The summed E-state index contributed by atoms with van der Waals surface area (Å²) in [6.45, 7) is -2.07. The van der Waals surface area contributed by atoms with E-state index in [4.69, 9.17) is 10.5 Å². The van der Waals surface area contributed by atoms with Crippen LogP contribution in [0.5, 0.6) is 11.5 Å². The number of benzene rings is 1. The third-order valence-corrected chi connectivity index (χ3v) is 2.47. The Kier molecular flexibility index (Phi) is 8.93. The zero-order valence-corrected chi connectivity index (χ0v) is 13.4. The lowest BCUT2D eigenvalue weighted by Gasteiger charge is -2.14. The maximum absolute atomic E-state index is 12.2. The molecule has 136 valence electrons. The highest BCUT2D eigenvalue weighted by Crippen LogP contribution is 2.31. The number of anilines is 1. The number of hydrogen-bond acceptors (Lipinski definition) is 5. The monoisotopic (exact) mass is 371 g/mol. The van der Waals surface area contributed by atoms with E-state index < -0.39 is 24.6 Å². The molecule has 2 amide bonds. The van der Waals surface area contributed by atoms with Crippen molar-refractivity contribution in [1.29, 1.82) is 0 Å². The summed E-state index contributed by atoms with van der Waals surface area (Å²) < 4.78 is 46.2. The van der Waals surface area contributed by atoms with Crippen molar-refractivity contribution in [3.63, 3.8) is 0 Å². The van der Waals surface area contributed by atoms with Gasteiger partial charge in [-0.05, 0) is 12.1 Å². The predicted octanol–water partition coefficient (Wildman–Crippen LogP) is 1.07. The third-order valence-electron chi connectivity index (χ3n) is 2.47. The van der Waals surface area contributed by atoms with E-state index in [0.717, 1.165) is 0 Å². The van der Waals surface area contributed by atoms with Gasteiger partial charge in [-0.3, -0.25) is 9.59 Å². The molecule has 24 heavy (non-hydrogen) atoms. The fourth-order valence-electron chi connectivity index (χ4n) is 1.48. The minimum Gasteiger partial charge on any atom is -0.493 e. The maximum Gasteiger partial charge on any atom is 0.422 e. The number of methoxy groups -OCH3 is 1. The van der Waals surface area contributed by atoms with Gasteiger partial charge in [0.2, 0.25) is 11.8 Å². The largest absolute Gasteiger partial charge is 0.493 e. The van der Waals surface area contributed by atoms with Crippen molar-refractivity contribution in [2.24, 2.45) is 5.73 Å². The van der Waals surface area contributed by atoms with Gasteiger partial charge in [0.15, 0.2) is 18.1 Å². The second kappa shape index (κ2) is 9.83. The number of halogens is 4. The molecule has 4 N–H and O–H groups in total. The lowest BCUT2D eigenvalue weighted by molar-refractivity contribution is -0.153. The van der Waals surface area contributed by atoms with Crippen LogP contribution in [-0.4, -0.2) is 44.8 Å². The molecule has 0 bridgehead atoms. The summed E-state index contributed by atoms with van der Waals surface area (Å²) >= 11 is 0. The summed E-state index contributed by atoms with van der Waals surface area (Å²) in [5.41, 5.74) is 5.25. The van der Waals surface area contributed by atoms with Crippen molar-refractivity contribution in [3.8, 4) is 11.5 Å². The highest BCUT2D eigenvalue weighted by atomic mass is 35.5. The van der Waals surface area contributed by atoms with Gasteiger partial charge in [-0.1, -0.05) is 0 Å². The van der Waals surface area contributed by atoms with Crippen molar-refractivity contribution < 1.29 is 32.2 Å². The number of carbonyl (C=O) groups excluding carboxylic acids is 2. The van der Waals surface area contributed by atoms with Crippen LogP contribution < -0.4 is 25.8 Å². The van der Waals surface area contributed by atoms with E-state index in [0.29, 0.717) is 0 Å². The molecule has 1 aromatic rings. The molecule has 0 aliphatic rings. The van der Waals surface area contributed by atoms with E-state index in [1.165, 1.54) is 25.3 Å². The Morgan fingerprint density at radius 1 is 1.21 bits per heavy atom. The van der Waals surface area contributed by atoms with E-state index in [-0.39, 0.29) is 42.7 Å². The van der Waals surface area contributed by atoms with Crippen LogP contribution in [0.25, 0.3) is 0 Å². The maximum atomic E-state index is 12.2. The van der Waals surface area contributed by atoms with Gasteiger partial charge in [0.25, 0.3) is 0 Å². The van der Waals surface area contributed by atoms with Crippen molar-refractivity contribution in [3.05, 3.63) is 18.2 Å². The predicted molar refractivity (Wildman–Crippen MR) is 82.5 cm³/mol. The molecule has 1 rings (SSSR count). The number of nitrogens with two attached hydrogens (primary N) is 1. The van der Waals surface area contributed by atoms with Crippen LogP contribution in [0.2, 0.25) is 0 Å². The molecule has 7 nitrogen and oxygen atoms in total. The number of carbonyl (C=O) groups is 2. The summed E-state index contributed by atoms with van der Waals surface area (Å²) in [5, 5.41) is 4.65. The molecule has 0 radical (unpaired) electrons. The number of ether oxygens (including phenoxy) is 2. The first-order valence-corrected chi connectivity index (χ1v) is 6.39. The average molecular weight is 372 g/mol. The van der Waals surface area contributed by atoms with Crippen molar-refractivity contribution >= 4 is 29.9 Å². The SMILES string of the molecule is COc1ccc(NC(=O)CNC(=O)CN)cc1OCC(F)(F)F.Cl. The minimum atomic E-state index is -4.50. The molecule has 0 unspecified atom stereocenters. The van der Waals surface area contributed by atoms with Crippen molar-refractivity contribution in [2.45, 2.75) is 6.18 Å². The van der Waals surface area contributed by atoms with Crippen LogP contribution in [0.15, 0.2) is 18.2 Å². The van der Waals surface area contributed by atoms with E-state index in [9.17, 15) is 22.8 Å². The fourth-order valence-corrected chi connectivity index (χ4v) is 1.48. The molecule has 1 aromatic carbocycles. The topological polar surface area (TPSA) is 103 Å². The van der Waals surface area contributed by atoms with E-state index in [1.807, 2.05) is 0 Å². The van der Waals surface area contributed by atoms with E-state index >= 15 is 0 Å². The Hall–Kier alpha value is -2.20. The molecule has 0 atom stereocenters. The highest BCUT2D eigenvalue weighted by molar-refractivity contribution is 5.95. The van der Waals surface area contributed by atoms with Gasteiger partial charge in [0, 0.05) is 11.8 Å². The van der Waals surface area contributed by atoms with Gasteiger partial charge in [-0.15, -0.1) is 12.4 Å². The second-order valence-corrected chi connectivity index (χ2v) is 4.30. The first-order valence-electron chi connectivity index (χ1n) is 6.39. The zero-order chi connectivity index (χ0) is 17.5. The van der Waals surface area contributed by atoms with Gasteiger partial charge < -0.3 is 25.8 Å². The molecule has 0 saturated heterocycles.